The predicted molar refractivity (Wildman–Crippen MR) is 116 cm³/mol. The Kier molecular flexibility index (Phi) is 5.28. The van der Waals surface area contributed by atoms with Crippen LogP contribution in [0.25, 0.3) is 33.5 Å². The lowest BCUT2D eigenvalue weighted by atomic mass is 10.0. The van der Waals surface area contributed by atoms with Gasteiger partial charge in [0.25, 0.3) is 10.0 Å². The quantitative estimate of drug-likeness (QED) is 0.289. The Morgan fingerprint density at radius 3 is 2.34 bits per heavy atom. The summed E-state index contributed by atoms with van der Waals surface area (Å²) in [5, 5.41) is 6.76. The van der Waals surface area contributed by atoms with Crippen LogP contribution in [-0.4, -0.2) is 28.6 Å². The molecule has 2 aromatic heterocycles. The van der Waals surface area contributed by atoms with E-state index in [1.807, 2.05) is 4.72 Å². The Labute approximate surface area is 193 Å². The van der Waals surface area contributed by atoms with E-state index in [4.69, 9.17) is 0 Å². The molecule has 0 radical (unpaired) electrons. The topological polar surface area (TPSA) is 104 Å². The second-order valence-corrected chi connectivity index (χ2v) is 9.01. The van der Waals surface area contributed by atoms with Gasteiger partial charge in [-0.05, 0) is 36.4 Å². The molecular weight excluding hydrogens is 493 g/mol. The van der Waals surface area contributed by atoms with Crippen LogP contribution in [0.5, 0.6) is 0 Å². The van der Waals surface area contributed by atoms with E-state index in [9.17, 15) is 21.6 Å². The molecule has 0 aliphatic heterocycles. The number of aromatic amines is 2. The zero-order valence-electron chi connectivity index (χ0n) is 17.2. The maximum atomic E-state index is 15.3. The minimum atomic E-state index is -4.59. The molecule has 0 bridgehead atoms. The number of halogens is 5. The molecular formula is C22H12F5N5O2S. The van der Waals surface area contributed by atoms with Gasteiger partial charge in [-0.3, -0.25) is 9.82 Å². The zero-order valence-corrected chi connectivity index (χ0v) is 18.0. The highest BCUT2D eigenvalue weighted by molar-refractivity contribution is 7.92. The van der Waals surface area contributed by atoms with Crippen molar-refractivity contribution >= 4 is 26.6 Å². The fourth-order valence-corrected chi connectivity index (χ4v) is 4.62. The average Bonchev–Trinajstić information content (AvgIpc) is 3.49. The van der Waals surface area contributed by atoms with E-state index in [-0.39, 0.29) is 16.6 Å². The Bertz CT molecular complexity index is 1700. The lowest BCUT2D eigenvalue weighted by Crippen LogP contribution is -2.15. The van der Waals surface area contributed by atoms with Crippen LogP contribution in [-0.2, 0) is 10.0 Å². The van der Waals surface area contributed by atoms with Crippen LogP contribution in [0.15, 0.2) is 59.8 Å². The normalized spacial score (nSPS) is 11.8. The zero-order chi connectivity index (χ0) is 24.9. The number of anilines is 1. The molecule has 13 heteroatoms. The number of hydrogen-bond acceptors (Lipinski definition) is 4. The minimum absolute atomic E-state index is 0.152. The first-order chi connectivity index (χ1) is 16.7. The maximum Gasteiger partial charge on any atom is 0.262 e. The van der Waals surface area contributed by atoms with Gasteiger partial charge in [0.2, 0.25) is 0 Å². The molecule has 0 atom stereocenters. The number of hydrogen-bond donors (Lipinski definition) is 3. The SMILES string of the molecule is O=S(=O)(Nc1ccc(F)c(-c2ccc3c(-c4ncc[nH]4)n[nH]c3c2F)c1F)c1ccc(F)c(F)c1. The van der Waals surface area contributed by atoms with Crippen LogP contribution >= 0.6 is 0 Å². The fourth-order valence-electron chi connectivity index (χ4n) is 3.55. The number of rotatable bonds is 5. The van der Waals surface area contributed by atoms with Crippen LogP contribution in [0.2, 0.25) is 0 Å². The van der Waals surface area contributed by atoms with Gasteiger partial charge in [0, 0.05) is 23.3 Å². The number of nitrogens with one attached hydrogen (secondary N) is 3. The van der Waals surface area contributed by atoms with Crippen molar-refractivity contribution in [2.75, 3.05) is 4.72 Å². The molecule has 2 heterocycles. The molecule has 0 spiro atoms. The van der Waals surface area contributed by atoms with Gasteiger partial charge in [-0.15, -0.1) is 0 Å². The summed E-state index contributed by atoms with van der Waals surface area (Å²) < 4.78 is 98.9. The van der Waals surface area contributed by atoms with E-state index >= 15 is 8.78 Å². The van der Waals surface area contributed by atoms with Gasteiger partial charge in [0.05, 0.1) is 16.1 Å². The summed E-state index contributed by atoms with van der Waals surface area (Å²) in [6.45, 7) is 0. The van der Waals surface area contributed by atoms with Gasteiger partial charge in [0.1, 0.15) is 17.0 Å². The number of imidazole rings is 1. The van der Waals surface area contributed by atoms with Gasteiger partial charge in [-0.1, -0.05) is 6.07 Å². The molecule has 0 saturated heterocycles. The molecule has 5 rings (SSSR count). The van der Waals surface area contributed by atoms with Gasteiger partial charge < -0.3 is 4.98 Å². The number of fused-ring (bicyclic) bond motifs is 1. The molecule has 0 aliphatic carbocycles. The highest BCUT2D eigenvalue weighted by Crippen LogP contribution is 2.37. The molecule has 3 aromatic carbocycles. The number of H-pyrrole nitrogens is 2. The first kappa shape index (κ1) is 22.5. The summed E-state index contributed by atoms with van der Waals surface area (Å²) in [7, 11) is -4.59. The van der Waals surface area contributed by atoms with Crippen LogP contribution in [0.3, 0.4) is 0 Å². The summed E-state index contributed by atoms with van der Waals surface area (Å²) in [4.78, 5) is 6.16. The van der Waals surface area contributed by atoms with Crippen molar-refractivity contribution in [1.29, 1.82) is 0 Å². The van der Waals surface area contributed by atoms with E-state index in [0.29, 0.717) is 18.0 Å². The summed E-state index contributed by atoms with van der Waals surface area (Å²) in [5.41, 5.74) is -1.95. The molecule has 7 nitrogen and oxygen atoms in total. The molecule has 0 aliphatic rings. The van der Waals surface area contributed by atoms with Crippen molar-refractivity contribution in [3.05, 3.63) is 83.9 Å². The second-order valence-electron chi connectivity index (χ2n) is 7.33. The van der Waals surface area contributed by atoms with Gasteiger partial charge in [-0.2, -0.15) is 5.10 Å². The number of benzene rings is 3. The van der Waals surface area contributed by atoms with Crippen molar-refractivity contribution in [2.45, 2.75) is 4.90 Å². The summed E-state index contributed by atoms with van der Waals surface area (Å²) >= 11 is 0. The van der Waals surface area contributed by atoms with E-state index in [2.05, 4.69) is 20.2 Å². The van der Waals surface area contributed by atoms with E-state index in [0.717, 1.165) is 24.3 Å². The molecule has 5 aromatic rings. The van der Waals surface area contributed by atoms with E-state index in [1.54, 1.807) is 0 Å². The van der Waals surface area contributed by atoms with Crippen molar-refractivity contribution in [3.63, 3.8) is 0 Å². The molecule has 0 fully saturated rings. The lowest BCUT2D eigenvalue weighted by Gasteiger charge is -2.13. The van der Waals surface area contributed by atoms with E-state index in [1.165, 1.54) is 18.5 Å². The van der Waals surface area contributed by atoms with Crippen molar-refractivity contribution < 1.29 is 30.4 Å². The second kappa shape index (κ2) is 8.20. The van der Waals surface area contributed by atoms with Crippen molar-refractivity contribution in [1.82, 2.24) is 20.2 Å². The van der Waals surface area contributed by atoms with Crippen molar-refractivity contribution in [2.24, 2.45) is 0 Å². The van der Waals surface area contributed by atoms with Gasteiger partial charge >= 0.3 is 0 Å². The molecule has 0 saturated carbocycles. The smallest absolute Gasteiger partial charge is 0.262 e. The van der Waals surface area contributed by atoms with E-state index < -0.39 is 60.8 Å². The third kappa shape index (κ3) is 3.79. The molecule has 0 unspecified atom stereocenters. The summed E-state index contributed by atoms with van der Waals surface area (Å²) in [6, 6.07) is 5.79. The molecule has 0 amide bonds. The lowest BCUT2D eigenvalue weighted by molar-refractivity contribution is 0.504. The Hall–Kier alpha value is -4.26. The molecule has 3 N–H and O–H groups in total. The van der Waals surface area contributed by atoms with Crippen LogP contribution in [0.1, 0.15) is 0 Å². The van der Waals surface area contributed by atoms with Gasteiger partial charge in [-0.25, -0.2) is 35.4 Å². The largest absolute Gasteiger partial charge is 0.343 e. The third-order valence-electron chi connectivity index (χ3n) is 5.21. The van der Waals surface area contributed by atoms with Crippen LogP contribution in [0, 0.1) is 29.1 Å². The minimum Gasteiger partial charge on any atom is -0.343 e. The average molecular weight is 505 g/mol. The monoisotopic (exact) mass is 505 g/mol. The predicted octanol–water partition coefficient (Wildman–Crippen LogP) is 5.12. The van der Waals surface area contributed by atoms with Crippen LogP contribution < -0.4 is 4.72 Å². The Balaban J connectivity index is 1.59. The third-order valence-corrected chi connectivity index (χ3v) is 6.57. The summed E-state index contributed by atoms with van der Waals surface area (Å²) in [5.74, 6) is -5.99. The highest BCUT2D eigenvalue weighted by atomic mass is 32.2. The summed E-state index contributed by atoms with van der Waals surface area (Å²) in [6.07, 6.45) is 3.01. The first-order valence-electron chi connectivity index (χ1n) is 9.80. The molecule has 178 valence electrons. The first-order valence-corrected chi connectivity index (χ1v) is 11.3. The van der Waals surface area contributed by atoms with Crippen molar-refractivity contribution in [3.8, 4) is 22.6 Å². The molecule has 35 heavy (non-hydrogen) atoms. The number of nitrogens with zero attached hydrogens (tertiary/aromatic N) is 2. The standard InChI is InChI=1S/C22H12F5N5O2S/c23-13-4-1-10(9-15(13)25)35(33,34)32-16-6-5-14(24)17(19(16)27)11-2-3-12-20(18(11)26)30-31-21(12)22-28-7-8-29-22/h1-9,32H,(H,28,29)(H,30,31). The van der Waals surface area contributed by atoms with Crippen LogP contribution in [0.4, 0.5) is 27.6 Å². The van der Waals surface area contributed by atoms with Gasteiger partial charge in [0.15, 0.2) is 29.1 Å². The number of aromatic nitrogens is 4. The Morgan fingerprint density at radius 1 is 0.857 bits per heavy atom. The maximum absolute atomic E-state index is 15.3. The Morgan fingerprint density at radius 2 is 1.63 bits per heavy atom. The fraction of sp³-hybridized carbons (Fsp3) is 0. The highest BCUT2D eigenvalue weighted by Gasteiger charge is 2.25. The number of sulfonamides is 1.